The molecular weight excluding hydrogens is 250 g/mol. The maximum atomic E-state index is 4.52. The number of H-pyrrole nitrogens is 1. The lowest BCUT2D eigenvalue weighted by Crippen LogP contribution is -2.33. The van der Waals surface area contributed by atoms with Gasteiger partial charge in [0.15, 0.2) is 0 Å². The van der Waals surface area contributed by atoms with E-state index in [1.807, 2.05) is 6.20 Å². The van der Waals surface area contributed by atoms with Gasteiger partial charge in [-0.1, -0.05) is 6.92 Å². The van der Waals surface area contributed by atoms with Crippen LogP contribution in [0, 0.1) is 11.3 Å². The fraction of sp³-hybridized carbons (Fsp3) is 0.600. The Hall–Kier alpha value is -1.62. The third kappa shape index (κ3) is 1.66. The average Bonchev–Trinajstić information content (AvgIpc) is 3.09. The first kappa shape index (κ1) is 12.1. The molecule has 106 valence electrons. The molecule has 2 aromatic rings. The van der Waals surface area contributed by atoms with Crippen LogP contribution in [0.15, 0.2) is 18.6 Å². The van der Waals surface area contributed by atoms with Crippen LogP contribution in [-0.4, -0.2) is 41.1 Å². The number of hydrogen-bond acceptors (Lipinski definition) is 4. The Morgan fingerprint density at radius 2 is 2.30 bits per heavy atom. The standard InChI is InChI=1S/C15H21N5/c1-15-6-11(5-10(15)7-16-8-15)20(2)14-12-3-4-17-13(12)18-9-19-14/h3-4,9-11,16H,5-8H2,1-2H3,(H,17,18,19)/t10-,11-,15+/m1/s1. The van der Waals surface area contributed by atoms with Crippen molar-refractivity contribution in [1.82, 2.24) is 20.3 Å². The first-order chi connectivity index (χ1) is 9.67. The molecule has 20 heavy (non-hydrogen) atoms. The Balaban J connectivity index is 1.65. The molecule has 5 nitrogen and oxygen atoms in total. The van der Waals surface area contributed by atoms with Crippen molar-refractivity contribution in [3.8, 4) is 0 Å². The Bertz CT molecular complexity index is 636. The number of anilines is 1. The summed E-state index contributed by atoms with van der Waals surface area (Å²) in [6.07, 6.45) is 6.10. The van der Waals surface area contributed by atoms with E-state index in [1.165, 1.54) is 19.4 Å². The van der Waals surface area contributed by atoms with Gasteiger partial charge in [0.2, 0.25) is 0 Å². The fourth-order valence-corrected chi connectivity index (χ4v) is 4.09. The van der Waals surface area contributed by atoms with Gasteiger partial charge in [-0.2, -0.15) is 0 Å². The molecule has 2 fully saturated rings. The molecule has 1 aliphatic carbocycles. The van der Waals surface area contributed by atoms with E-state index in [4.69, 9.17) is 0 Å². The summed E-state index contributed by atoms with van der Waals surface area (Å²) < 4.78 is 0. The second-order valence-electron chi connectivity index (χ2n) is 6.62. The van der Waals surface area contributed by atoms with Gasteiger partial charge < -0.3 is 15.2 Å². The van der Waals surface area contributed by atoms with Crippen molar-refractivity contribution in [2.45, 2.75) is 25.8 Å². The van der Waals surface area contributed by atoms with E-state index < -0.39 is 0 Å². The summed E-state index contributed by atoms with van der Waals surface area (Å²) in [6, 6.07) is 2.65. The van der Waals surface area contributed by atoms with Crippen molar-refractivity contribution in [2.75, 3.05) is 25.0 Å². The minimum Gasteiger partial charge on any atom is -0.356 e. The highest BCUT2D eigenvalue weighted by atomic mass is 15.2. The smallest absolute Gasteiger partial charge is 0.142 e. The minimum absolute atomic E-state index is 0.462. The summed E-state index contributed by atoms with van der Waals surface area (Å²) in [6.45, 7) is 4.76. The van der Waals surface area contributed by atoms with Crippen molar-refractivity contribution in [1.29, 1.82) is 0 Å². The summed E-state index contributed by atoms with van der Waals surface area (Å²) >= 11 is 0. The van der Waals surface area contributed by atoms with Gasteiger partial charge in [0.05, 0.1) is 5.39 Å². The zero-order chi connectivity index (χ0) is 13.7. The highest BCUT2D eigenvalue weighted by molar-refractivity contribution is 5.87. The lowest BCUT2D eigenvalue weighted by Gasteiger charge is -2.28. The number of nitrogens with one attached hydrogen (secondary N) is 2. The van der Waals surface area contributed by atoms with Crippen LogP contribution >= 0.6 is 0 Å². The monoisotopic (exact) mass is 271 g/mol. The van der Waals surface area contributed by atoms with E-state index in [-0.39, 0.29) is 0 Å². The Morgan fingerprint density at radius 3 is 3.15 bits per heavy atom. The zero-order valence-electron chi connectivity index (χ0n) is 12.1. The predicted molar refractivity (Wildman–Crippen MR) is 79.8 cm³/mol. The van der Waals surface area contributed by atoms with Crippen molar-refractivity contribution < 1.29 is 0 Å². The van der Waals surface area contributed by atoms with Gasteiger partial charge in [0, 0.05) is 25.8 Å². The SMILES string of the molecule is CN(c1ncnc2[nH]ccc12)[C@@H]1C[C@@H]2CNC[C@]2(C)C1. The van der Waals surface area contributed by atoms with E-state index >= 15 is 0 Å². The molecule has 1 saturated heterocycles. The van der Waals surface area contributed by atoms with E-state index in [0.717, 1.165) is 29.3 Å². The lowest BCUT2D eigenvalue weighted by molar-refractivity contribution is 0.304. The summed E-state index contributed by atoms with van der Waals surface area (Å²) in [5.74, 6) is 1.86. The van der Waals surface area contributed by atoms with Gasteiger partial charge in [-0.05, 0) is 36.8 Å². The van der Waals surface area contributed by atoms with Crippen molar-refractivity contribution in [3.05, 3.63) is 18.6 Å². The molecule has 0 amide bonds. The van der Waals surface area contributed by atoms with Crippen molar-refractivity contribution >= 4 is 16.9 Å². The first-order valence-electron chi connectivity index (χ1n) is 7.39. The van der Waals surface area contributed by atoms with Gasteiger partial charge in [0.1, 0.15) is 17.8 Å². The van der Waals surface area contributed by atoms with Gasteiger partial charge in [-0.15, -0.1) is 0 Å². The highest BCUT2D eigenvalue weighted by Gasteiger charge is 2.48. The predicted octanol–water partition coefficient (Wildman–Crippen LogP) is 1.78. The van der Waals surface area contributed by atoms with Crippen LogP contribution in [0.5, 0.6) is 0 Å². The molecule has 0 radical (unpaired) electrons. The van der Waals surface area contributed by atoms with Gasteiger partial charge in [-0.3, -0.25) is 0 Å². The van der Waals surface area contributed by atoms with Crippen molar-refractivity contribution in [3.63, 3.8) is 0 Å². The number of fused-ring (bicyclic) bond motifs is 2. The number of rotatable bonds is 2. The van der Waals surface area contributed by atoms with Crippen LogP contribution < -0.4 is 10.2 Å². The second kappa shape index (κ2) is 4.19. The molecule has 4 rings (SSSR count). The van der Waals surface area contributed by atoms with Gasteiger partial charge in [0.25, 0.3) is 0 Å². The second-order valence-corrected chi connectivity index (χ2v) is 6.62. The molecule has 1 aliphatic heterocycles. The summed E-state index contributed by atoms with van der Waals surface area (Å²) in [5.41, 5.74) is 1.39. The molecule has 0 bridgehead atoms. The molecule has 0 unspecified atom stereocenters. The highest BCUT2D eigenvalue weighted by Crippen LogP contribution is 2.47. The molecule has 0 aromatic carbocycles. The Labute approximate surface area is 118 Å². The van der Waals surface area contributed by atoms with Gasteiger partial charge >= 0.3 is 0 Å². The minimum atomic E-state index is 0.462. The topological polar surface area (TPSA) is 56.8 Å². The van der Waals surface area contributed by atoms with Crippen molar-refractivity contribution in [2.24, 2.45) is 11.3 Å². The van der Waals surface area contributed by atoms with Crippen LogP contribution in [0.2, 0.25) is 0 Å². The molecule has 2 N–H and O–H groups in total. The van der Waals surface area contributed by atoms with E-state index in [1.54, 1.807) is 6.33 Å². The zero-order valence-corrected chi connectivity index (χ0v) is 12.1. The molecule has 3 heterocycles. The molecule has 2 aliphatic rings. The van der Waals surface area contributed by atoms with Crippen LogP contribution in [0.25, 0.3) is 11.0 Å². The summed E-state index contributed by atoms with van der Waals surface area (Å²) in [7, 11) is 2.18. The van der Waals surface area contributed by atoms with Gasteiger partial charge in [-0.25, -0.2) is 9.97 Å². The third-order valence-corrected chi connectivity index (χ3v) is 5.38. The number of aromatic amines is 1. The third-order valence-electron chi connectivity index (χ3n) is 5.38. The van der Waals surface area contributed by atoms with E-state index in [2.05, 4.69) is 45.2 Å². The first-order valence-corrected chi connectivity index (χ1v) is 7.39. The quantitative estimate of drug-likeness (QED) is 0.874. The molecule has 3 atom stereocenters. The average molecular weight is 271 g/mol. The summed E-state index contributed by atoms with van der Waals surface area (Å²) in [4.78, 5) is 14.3. The van der Waals surface area contributed by atoms with Crippen LogP contribution in [0.3, 0.4) is 0 Å². The van der Waals surface area contributed by atoms with Crippen LogP contribution in [0.4, 0.5) is 5.82 Å². The molecule has 0 spiro atoms. The molecular formula is C15H21N5. The summed E-state index contributed by atoms with van der Waals surface area (Å²) in [5, 5.41) is 4.66. The Kier molecular flexibility index (Phi) is 2.54. The maximum Gasteiger partial charge on any atom is 0.142 e. The molecule has 5 heteroatoms. The van der Waals surface area contributed by atoms with Crippen LogP contribution in [0.1, 0.15) is 19.8 Å². The number of hydrogen-bond donors (Lipinski definition) is 2. The van der Waals surface area contributed by atoms with E-state index in [0.29, 0.717) is 11.5 Å². The fourth-order valence-electron chi connectivity index (χ4n) is 4.09. The normalized spacial score (nSPS) is 32.7. The van der Waals surface area contributed by atoms with E-state index in [9.17, 15) is 0 Å². The number of nitrogens with zero attached hydrogens (tertiary/aromatic N) is 3. The lowest BCUT2D eigenvalue weighted by atomic mass is 9.83. The number of aromatic nitrogens is 3. The maximum absolute atomic E-state index is 4.52. The molecule has 2 aromatic heterocycles. The molecule has 1 saturated carbocycles. The largest absolute Gasteiger partial charge is 0.356 e. The van der Waals surface area contributed by atoms with Crippen LogP contribution in [-0.2, 0) is 0 Å². The Morgan fingerprint density at radius 1 is 1.40 bits per heavy atom.